The molecule has 2 aromatic rings. The zero-order valence-electron chi connectivity index (χ0n) is 13.3. The molecule has 0 saturated carbocycles. The molecule has 0 N–H and O–H groups in total. The monoisotopic (exact) mass is 348 g/mol. The minimum atomic E-state index is -4.40. The molecule has 0 radical (unpaired) electrons. The van der Waals surface area contributed by atoms with E-state index in [0.717, 1.165) is 12.1 Å². The summed E-state index contributed by atoms with van der Waals surface area (Å²) in [6, 6.07) is 2.30. The van der Waals surface area contributed by atoms with Gasteiger partial charge in [-0.25, -0.2) is 9.97 Å². The molecule has 5 nitrogen and oxygen atoms in total. The van der Waals surface area contributed by atoms with Crippen molar-refractivity contribution in [3.63, 3.8) is 0 Å². The number of anilines is 1. The van der Waals surface area contributed by atoms with Gasteiger partial charge in [0.2, 0.25) is 5.95 Å². The molecule has 0 bridgehead atoms. The number of alkyl halides is 3. The first-order valence-electron chi connectivity index (χ1n) is 7.91. The van der Waals surface area contributed by atoms with Crippen LogP contribution in [0.3, 0.4) is 0 Å². The molecule has 0 amide bonds. The van der Waals surface area contributed by atoms with Gasteiger partial charge in [-0.2, -0.15) is 13.2 Å². The molecule has 0 unspecified atom stereocenters. The lowest BCUT2D eigenvalue weighted by atomic mass is 9.95. The van der Waals surface area contributed by atoms with E-state index in [4.69, 9.17) is 4.74 Å². The van der Waals surface area contributed by atoms with Gasteiger partial charge in [-0.3, -0.25) is 4.99 Å². The highest BCUT2D eigenvalue weighted by atomic mass is 19.4. The third-order valence-corrected chi connectivity index (χ3v) is 4.32. The van der Waals surface area contributed by atoms with Crippen molar-refractivity contribution in [1.29, 1.82) is 0 Å². The molecule has 2 aliphatic rings. The third kappa shape index (κ3) is 3.09. The Hall–Kier alpha value is -2.48. The molecule has 8 heteroatoms. The van der Waals surface area contributed by atoms with Crippen LogP contribution in [0.4, 0.5) is 19.1 Å². The molecule has 0 aliphatic carbocycles. The van der Waals surface area contributed by atoms with Crippen molar-refractivity contribution in [2.45, 2.75) is 12.7 Å². The average Bonchev–Trinajstić information content (AvgIpc) is 3.10. The normalized spacial score (nSPS) is 17.0. The first-order valence-corrected chi connectivity index (χ1v) is 7.91. The summed E-state index contributed by atoms with van der Waals surface area (Å²) in [6.07, 6.45) is 0.348. The molecular formula is C17H15F3N4O. The Bertz CT molecular complexity index is 812. The van der Waals surface area contributed by atoms with E-state index in [1.807, 2.05) is 4.90 Å². The second-order valence-corrected chi connectivity index (χ2v) is 5.94. The number of aromatic nitrogens is 2. The van der Waals surface area contributed by atoms with Crippen molar-refractivity contribution in [1.82, 2.24) is 9.97 Å². The number of aliphatic imine (C=N–C) groups is 1. The fourth-order valence-electron chi connectivity index (χ4n) is 3.02. The number of morpholine rings is 1. The molecule has 1 aromatic heterocycles. The van der Waals surface area contributed by atoms with Gasteiger partial charge in [0, 0.05) is 42.8 Å². The van der Waals surface area contributed by atoms with Crippen LogP contribution < -0.4 is 4.90 Å². The van der Waals surface area contributed by atoms with E-state index >= 15 is 0 Å². The number of halogens is 3. The van der Waals surface area contributed by atoms with Gasteiger partial charge in [0.1, 0.15) is 0 Å². The largest absolute Gasteiger partial charge is 0.416 e. The second-order valence-electron chi connectivity index (χ2n) is 5.94. The molecular weight excluding hydrogens is 333 g/mol. The van der Waals surface area contributed by atoms with E-state index in [1.54, 1.807) is 18.6 Å². The lowest BCUT2D eigenvalue weighted by Gasteiger charge is -2.26. The van der Waals surface area contributed by atoms with Crippen LogP contribution in [-0.4, -0.2) is 42.5 Å². The Morgan fingerprint density at radius 2 is 1.76 bits per heavy atom. The van der Waals surface area contributed by atoms with E-state index in [0.29, 0.717) is 54.5 Å². The molecule has 1 saturated heterocycles. The standard InChI is InChI=1S/C17H15F3N4O/c18-17(19,20)13-5-11-7-21-10-15(11)14(6-13)12-8-22-16(23-9-12)24-1-3-25-4-2-24/h5-6,8-10H,1-4,7H2. The summed E-state index contributed by atoms with van der Waals surface area (Å²) in [5, 5.41) is 0. The fraction of sp³-hybridized carbons (Fsp3) is 0.353. The van der Waals surface area contributed by atoms with Crippen molar-refractivity contribution in [3.8, 4) is 11.1 Å². The maximum absolute atomic E-state index is 13.2. The van der Waals surface area contributed by atoms with Gasteiger partial charge in [0.25, 0.3) is 0 Å². The summed E-state index contributed by atoms with van der Waals surface area (Å²) in [4.78, 5) is 14.7. The number of hydrogen-bond donors (Lipinski definition) is 0. The van der Waals surface area contributed by atoms with Crippen LogP contribution in [0.15, 0.2) is 29.5 Å². The van der Waals surface area contributed by atoms with Crippen LogP contribution in [0.25, 0.3) is 11.1 Å². The van der Waals surface area contributed by atoms with Crippen molar-refractivity contribution in [3.05, 3.63) is 41.2 Å². The van der Waals surface area contributed by atoms with Gasteiger partial charge in [0.05, 0.1) is 25.3 Å². The predicted molar refractivity (Wildman–Crippen MR) is 86.8 cm³/mol. The Balaban J connectivity index is 1.71. The van der Waals surface area contributed by atoms with Crippen LogP contribution in [0, 0.1) is 0 Å². The van der Waals surface area contributed by atoms with Gasteiger partial charge in [-0.05, 0) is 23.3 Å². The van der Waals surface area contributed by atoms with E-state index in [9.17, 15) is 13.2 Å². The number of hydrogen-bond acceptors (Lipinski definition) is 5. The highest BCUT2D eigenvalue weighted by Crippen LogP contribution is 2.36. The fourth-order valence-corrected chi connectivity index (χ4v) is 3.02. The van der Waals surface area contributed by atoms with Gasteiger partial charge < -0.3 is 9.64 Å². The highest BCUT2D eigenvalue weighted by Gasteiger charge is 2.32. The van der Waals surface area contributed by atoms with Crippen LogP contribution in [0.5, 0.6) is 0 Å². The van der Waals surface area contributed by atoms with Crippen molar-refractivity contribution < 1.29 is 17.9 Å². The minimum Gasteiger partial charge on any atom is -0.378 e. The topological polar surface area (TPSA) is 50.6 Å². The summed E-state index contributed by atoms with van der Waals surface area (Å²) >= 11 is 0. The number of fused-ring (bicyclic) bond motifs is 1. The van der Waals surface area contributed by atoms with E-state index < -0.39 is 11.7 Å². The number of benzene rings is 1. The van der Waals surface area contributed by atoms with Gasteiger partial charge in [-0.15, -0.1) is 0 Å². The third-order valence-electron chi connectivity index (χ3n) is 4.32. The quantitative estimate of drug-likeness (QED) is 0.837. The summed E-state index contributed by atoms with van der Waals surface area (Å²) in [5.41, 5.74) is 1.61. The predicted octanol–water partition coefficient (Wildman–Crippen LogP) is 2.93. The van der Waals surface area contributed by atoms with Crippen LogP contribution in [0.2, 0.25) is 0 Å². The van der Waals surface area contributed by atoms with Crippen LogP contribution >= 0.6 is 0 Å². The Morgan fingerprint density at radius 1 is 1.04 bits per heavy atom. The van der Waals surface area contributed by atoms with Gasteiger partial charge >= 0.3 is 6.18 Å². The molecule has 4 rings (SSSR count). The average molecular weight is 348 g/mol. The van der Waals surface area contributed by atoms with Gasteiger partial charge in [-0.1, -0.05) is 0 Å². The smallest absolute Gasteiger partial charge is 0.378 e. The van der Waals surface area contributed by atoms with E-state index in [2.05, 4.69) is 15.0 Å². The molecule has 25 heavy (non-hydrogen) atoms. The Kier molecular flexibility index (Phi) is 3.91. The molecule has 3 heterocycles. The summed E-state index contributed by atoms with van der Waals surface area (Å²) in [5.74, 6) is 0.560. The zero-order chi connectivity index (χ0) is 17.4. The lowest BCUT2D eigenvalue weighted by molar-refractivity contribution is -0.137. The maximum Gasteiger partial charge on any atom is 0.416 e. The Morgan fingerprint density at radius 3 is 2.44 bits per heavy atom. The molecule has 2 aliphatic heterocycles. The SMILES string of the molecule is FC(F)(F)c1cc2c(c(-c3cnc(N4CCOCC4)nc3)c1)C=NC2. The van der Waals surface area contributed by atoms with Gasteiger partial charge in [0.15, 0.2) is 0 Å². The zero-order valence-corrected chi connectivity index (χ0v) is 13.3. The second kappa shape index (κ2) is 6.11. The first-order chi connectivity index (χ1) is 12.0. The Labute approximate surface area is 142 Å². The summed E-state index contributed by atoms with van der Waals surface area (Å²) in [7, 11) is 0. The van der Waals surface area contributed by atoms with Crippen LogP contribution in [-0.2, 0) is 17.5 Å². The summed E-state index contributed by atoms with van der Waals surface area (Å²) in [6.45, 7) is 2.89. The summed E-state index contributed by atoms with van der Waals surface area (Å²) < 4.78 is 44.8. The number of rotatable bonds is 2. The highest BCUT2D eigenvalue weighted by molar-refractivity contribution is 5.94. The van der Waals surface area contributed by atoms with E-state index in [1.165, 1.54) is 0 Å². The molecule has 1 aromatic carbocycles. The molecule has 0 atom stereocenters. The van der Waals surface area contributed by atoms with Crippen molar-refractivity contribution in [2.24, 2.45) is 4.99 Å². The van der Waals surface area contributed by atoms with Crippen LogP contribution in [0.1, 0.15) is 16.7 Å². The lowest BCUT2D eigenvalue weighted by Crippen LogP contribution is -2.37. The van der Waals surface area contributed by atoms with Crippen molar-refractivity contribution in [2.75, 3.05) is 31.2 Å². The minimum absolute atomic E-state index is 0.263. The number of nitrogens with zero attached hydrogens (tertiary/aromatic N) is 4. The van der Waals surface area contributed by atoms with Crippen molar-refractivity contribution >= 4 is 12.2 Å². The maximum atomic E-state index is 13.2. The molecule has 130 valence electrons. The van der Waals surface area contributed by atoms with E-state index in [-0.39, 0.29) is 6.54 Å². The number of ether oxygens (including phenoxy) is 1. The molecule has 1 fully saturated rings. The first kappa shape index (κ1) is 16.0. The molecule has 0 spiro atoms.